The number of aliphatic hydroxyl groups is 1. The molecule has 1 aliphatic heterocycles. The topological polar surface area (TPSA) is 128 Å². The summed E-state index contributed by atoms with van der Waals surface area (Å²) in [6.07, 6.45) is -1.29. The van der Waals surface area contributed by atoms with Crippen LogP contribution in [0.15, 0.2) is 0 Å². The van der Waals surface area contributed by atoms with Gasteiger partial charge in [-0.2, -0.15) is 0 Å². The van der Waals surface area contributed by atoms with Crippen LogP contribution in [0.25, 0.3) is 0 Å². The lowest BCUT2D eigenvalue weighted by molar-refractivity contribution is -0.138. The minimum absolute atomic E-state index is 0.0301. The van der Waals surface area contributed by atoms with Crippen LogP contribution in [0.4, 0.5) is 0 Å². The van der Waals surface area contributed by atoms with Crippen LogP contribution in [-0.2, 0) is 19.1 Å². The third-order valence-corrected chi connectivity index (χ3v) is 2.97. The smallest absolute Gasteiger partial charge is 0.336 e. The Morgan fingerprint density at radius 2 is 1.90 bits per heavy atom. The third-order valence-electron chi connectivity index (χ3n) is 2.97. The molecule has 2 amide bonds. The Morgan fingerprint density at radius 3 is 2.38 bits per heavy atom. The first-order valence-corrected chi connectivity index (χ1v) is 6.94. The molecule has 1 saturated heterocycles. The van der Waals surface area contributed by atoms with Crippen LogP contribution in [0.1, 0.15) is 26.7 Å². The molecule has 8 heteroatoms. The second-order valence-electron chi connectivity index (χ2n) is 5.37. The Bertz CT molecular complexity index is 398. The lowest BCUT2D eigenvalue weighted by Crippen LogP contribution is -2.49. The van der Waals surface area contributed by atoms with Gasteiger partial charge in [0.2, 0.25) is 5.91 Å². The fourth-order valence-corrected chi connectivity index (χ4v) is 1.87. The van der Waals surface area contributed by atoms with Crippen molar-refractivity contribution < 1.29 is 29.3 Å². The average Bonchev–Trinajstić information content (AvgIpc) is 3.17. The van der Waals surface area contributed by atoms with Gasteiger partial charge < -0.3 is 25.6 Å². The highest BCUT2D eigenvalue weighted by Gasteiger charge is 2.51. The average molecular weight is 302 g/mol. The van der Waals surface area contributed by atoms with Crippen molar-refractivity contribution in [2.75, 3.05) is 13.2 Å². The van der Waals surface area contributed by atoms with E-state index in [2.05, 4.69) is 10.6 Å². The Morgan fingerprint density at radius 1 is 1.24 bits per heavy atom. The summed E-state index contributed by atoms with van der Waals surface area (Å²) in [5.41, 5.74) is 0. The van der Waals surface area contributed by atoms with Crippen LogP contribution >= 0.6 is 0 Å². The van der Waals surface area contributed by atoms with Gasteiger partial charge in [-0.15, -0.1) is 0 Å². The van der Waals surface area contributed by atoms with E-state index in [0.29, 0.717) is 19.4 Å². The lowest BCUT2D eigenvalue weighted by atomic mass is 10.0. The highest BCUT2D eigenvalue weighted by Crippen LogP contribution is 2.22. The number of amides is 2. The highest BCUT2D eigenvalue weighted by molar-refractivity contribution is 5.95. The van der Waals surface area contributed by atoms with Gasteiger partial charge in [0.1, 0.15) is 6.04 Å². The SMILES string of the molecule is CC(C)C[C@H](NC(=O)[C@H]1O[C@@H]1C(=O)O)C(=O)NCCCO. The van der Waals surface area contributed by atoms with Gasteiger partial charge in [0.25, 0.3) is 5.91 Å². The summed E-state index contributed by atoms with van der Waals surface area (Å²) < 4.78 is 4.75. The van der Waals surface area contributed by atoms with E-state index in [1.54, 1.807) is 0 Å². The van der Waals surface area contributed by atoms with Gasteiger partial charge in [0.05, 0.1) is 0 Å². The fourth-order valence-electron chi connectivity index (χ4n) is 1.87. The second-order valence-corrected chi connectivity index (χ2v) is 5.37. The zero-order valence-electron chi connectivity index (χ0n) is 12.2. The molecular formula is C13H22N2O6. The maximum atomic E-state index is 12.0. The molecule has 120 valence electrons. The van der Waals surface area contributed by atoms with E-state index in [4.69, 9.17) is 14.9 Å². The standard InChI is InChI=1S/C13H22N2O6/c1-7(2)6-8(11(17)14-4-3-5-16)15-12(18)9-10(21-9)13(19)20/h7-10,16H,3-6H2,1-2H3,(H,14,17)(H,15,18)(H,19,20)/t8-,9-,10-/m0/s1. The number of rotatable bonds is 9. The predicted octanol–water partition coefficient (Wildman–Crippen LogP) is -1.13. The van der Waals surface area contributed by atoms with Gasteiger partial charge in [-0.3, -0.25) is 9.59 Å². The van der Waals surface area contributed by atoms with Crippen molar-refractivity contribution >= 4 is 17.8 Å². The molecule has 1 heterocycles. The Labute approximate surface area is 122 Å². The Hall–Kier alpha value is -1.67. The van der Waals surface area contributed by atoms with Gasteiger partial charge in [-0.05, 0) is 18.8 Å². The first-order valence-electron chi connectivity index (χ1n) is 6.94. The number of carbonyl (C=O) groups is 3. The van der Waals surface area contributed by atoms with Crippen molar-refractivity contribution in [3.63, 3.8) is 0 Å². The summed E-state index contributed by atoms with van der Waals surface area (Å²) in [6.45, 7) is 4.11. The first kappa shape index (κ1) is 17.4. The molecule has 4 N–H and O–H groups in total. The molecule has 0 spiro atoms. The van der Waals surface area contributed by atoms with E-state index in [0.717, 1.165) is 0 Å². The van der Waals surface area contributed by atoms with Crippen molar-refractivity contribution in [2.24, 2.45) is 5.92 Å². The summed E-state index contributed by atoms with van der Waals surface area (Å²) in [4.78, 5) is 34.5. The normalized spacial score (nSPS) is 21.7. The number of hydrogen-bond acceptors (Lipinski definition) is 5. The van der Waals surface area contributed by atoms with Crippen LogP contribution in [-0.4, -0.2) is 59.4 Å². The van der Waals surface area contributed by atoms with E-state index in [-0.39, 0.29) is 18.4 Å². The monoisotopic (exact) mass is 302 g/mol. The zero-order chi connectivity index (χ0) is 16.0. The number of carbonyl (C=O) groups excluding carboxylic acids is 2. The fraction of sp³-hybridized carbons (Fsp3) is 0.769. The zero-order valence-corrected chi connectivity index (χ0v) is 12.2. The van der Waals surface area contributed by atoms with Gasteiger partial charge in [-0.1, -0.05) is 13.8 Å². The van der Waals surface area contributed by atoms with Gasteiger partial charge in [-0.25, -0.2) is 4.79 Å². The number of aliphatic carboxylic acids is 1. The van der Waals surface area contributed by atoms with Gasteiger partial charge >= 0.3 is 5.97 Å². The second kappa shape index (κ2) is 7.94. The van der Waals surface area contributed by atoms with Crippen LogP contribution < -0.4 is 10.6 Å². The molecule has 0 radical (unpaired) electrons. The van der Waals surface area contributed by atoms with Crippen molar-refractivity contribution in [1.29, 1.82) is 0 Å². The molecule has 0 saturated carbocycles. The minimum atomic E-state index is -1.19. The molecule has 3 atom stereocenters. The van der Waals surface area contributed by atoms with E-state index in [1.807, 2.05) is 13.8 Å². The number of ether oxygens (including phenoxy) is 1. The number of hydrogen-bond donors (Lipinski definition) is 4. The summed E-state index contributed by atoms with van der Waals surface area (Å²) in [5, 5.41) is 22.5. The van der Waals surface area contributed by atoms with Crippen molar-refractivity contribution in [3.05, 3.63) is 0 Å². The third kappa shape index (κ3) is 5.68. The lowest BCUT2D eigenvalue weighted by Gasteiger charge is -2.19. The van der Waals surface area contributed by atoms with Crippen LogP contribution in [0.5, 0.6) is 0 Å². The maximum Gasteiger partial charge on any atom is 0.336 e. The Balaban J connectivity index is 2.51. The first-order chi connectivity index (χ1) is 9.86. The van der Waals surface area contributed by atoms with Gasteiger partial charge in [0.15, 0.2) is 12.2 Å². The number of carboxylic acid groups (broad SMARTS) is 1. The largest absolute Gasteiger partial charge is 0.479 e. The van der Waals surface area contributed by atoms with E-state index < -0.39 is 30.1 Å². The molecule has 21 heavy (non-hydrogen) atoms. The van der Waals surface area contributed by atoms with E-state index >= 15 is 0 Å². The maximum absolute atomic E-state index is 12.0. The number of aliphatic hydroxyl groups excluding tert-OH is 1. The number of carboxylic acids is 1. The molecule has 0 unspecified atom stereocenters. The summed E-state index contributed by atoms with van der Waals surface area (Å²) >= 11 is 0. The highest BCUT2D eigenvalue weighted by atomic mass is 16.6. The molecule has 0 aromatic heterocycles. The Kier molecular flexibility index (Phi) is 6.57. The number of nitrogens with one attached hydrogen (secondary N) is 2. The van der Waals surface area contributed by atoms with Crippen molar-refractivity contribution in [3.8, 4) is 0 Å². The summed E-state index contributed by atoms with van der Waals surface area (Å²) in [5.74, 6) is -1.96. The molecule has 0 bridgehead atoms. The summed E-state index contributed by atoms with van der Waals surface area (Å²) in [6, 6.07) is -0.741. The van der Waals surface area contributed by atoms with E-state index in [1.165, 1.54) is 0 Å². The van der Waals surface area contributed by atoms with Crippen molar-refractivity contribution in [2.45, 2.75) is 44.9 Å². The molecule has 0 aromatic carbocycles. The molecular weight excluding hydrogens is 280 g/mol. The quantitative estimate of drug-likeness (QED) is 0.315. The van der Waals surface area contributed by atoms with Crippen LogP contribution in [0.2, 0.25) is 0 Å². The molecule has 8 nitrogen and oxygen atoms in total. The van der Waals surface area contributed by atoms with Crippen molar-refractivity contribution in [1.82, 2.24) is 10.6 Å². The summed E-state index contributed by atoms with van der Waals surface area (Å²) in [7, 11) is 0. The minimum Gasteiger partial charge on any atom is -0.479 e. The molecule has 1 rings (SSSR count). The van der Waals surface area contributed by atoms with Crippen LogP contribution in [0, 0.1) is 5.92 Å². The predicted molar refractivity (Wildman–Crippen MR) is 72.4 cm³/mol. The van der Waals surface area contributed by atoms with Gasteiger partial charge in [0, 0.05) is 13.2 Å². The number of epoxide rings is 1. The molecule has 1 fully saturated rings. The molecule has 0 aliphatic carbocycles. The van der Waals surface area contributed by atoms with Crippen LogP contribution in [0.3, 0.4) is 0 Å². The van der Waals surface area contributed by atoms with E-state index in [9.17, 15) is 14.4 Å². The molecule has 1 aliphatic rings. The molecule has 0 aromatic rings.